The van der Waals surface area contributed by atoms with Crippen LogP contribution in [0.5, 0.6) is 11.5 Å². The van der Waals surface area contributed by atoms with Gasteiger partial charge in [0, 0.05) is 17.1 Å². The van der Waals surface area contributed by atoms with Gasteiger partial charge in [-0.05, 0) is 51.8 Å². The van der Waals surface area contributed by atoms with Crippen LogP contribution in [0.25, 0.3) is 22.0 Å². The third-order valence-corrected chi connectivity index (χ3v) is 4.31. The van der Waals surface area contributed by atoms with Gasteiger partial charge in [-0.15, -0.1) is 0 Å². The van der Waals surface area contributed by atoms with Gasteiger partial charge in [0.1, 0.15) is 11.5 Å². The summed E-state index contributed by atoms with van der Waals surface area (Å²) in [6, 6.07) is 10.8. The first kappa shape index (κ1) is 14.2. The van der Waals surface area contributed by atoms with E-state index < -0.39 is 0 Å². The molecule has 0 unspecified atom stereocenters. The van der Waals surface area contributed by atoms with Gasteiger partial charge in [-0.3, -0.25) is 4.98 Å². The highest BCUT2D eigenvalue weighted by atomic mass is 79.9. The molecule has 1 aromatic heterocycles. The van der Waals surface area contributed by atoms with Crippen molar-refractivity contribution >= 4 is 38.4 Å². The molecule has 3 aromatic rings. The van der Waals surface area contributed by atoms with E-state index in [1.54, 1.807) is 25.4 Å². The van der Waals surface area contributed by atoms with Gasteiger partial charge in [0.25, 0.3) is 0 Å². The Hall–Kier alpha value is -1.78. The minimum atomic E-state index is 0.185. The van der Waals surface area contributed by atoms with Crippen molar-refractivity contribution < 1.29 is 9.84 Å². The van der Waals surface area contributed by atoms with Crippen LogP contribution in [-0.2, 0) is 0 Å². The van der Waals surface area contributed by atoms with Gasteiger partial charge in [-0.2, -0.15) is 0 Å². The zero-order valence-corrected chi connectivity index (χ0v) is 13.4. The lowest BCUT2D eigenvalue weighted by Gasteiger charge is -2.09. The maximum atomic E-state index is 9.59. The molecule has 2 aromatic carbocycles. The summed E-state index contributed by atoms with van der Waals surface area (Å²) in [7, 11) is 1.61. The van der Waals surface area contributed by atoms with Crippen LogP contribution in [0.1, 0.15) is 0 Å². The number of fused-ring (bicyclic) bond motifs is 1. The molecule has 5 heteroatoms. The molecule has 0 fully saturated rings. The highest BCUT2D eigenvalue weighted by molar-refractivity contribution is 9.10. The SMILES string of the molecule is COc1ccc2ncc(-c3ccc(O)c(Br)c3)c(Cl)c2c1. The Kier molecular flexibility index (Phi) is 3.74. The van der Waals surface area contributed by atoms with Crippen LogP contribution in [0.4, 0.5) is 0 Å². The number of halogens is 2. The molecule has 21 heavy (non-hydrogen) atoms. The molecule has 3 rings (SSSR count). The molecule has 0 spiro atoms. The fraction of sp³-hybridized carbons (Fsp3) is 0.0625. The normalized spacial score (nSPS) is 10.8. The average molecular weight is 365 g/mol. The number of phenols is 1. The predicted octanol–water partition coefficient (Wildman–Crippen LogP) is 5.03. The summed E-state index contributed by atoms with van der Waals surface area (Å²) < 4.78 is 5.84. The number of ether oxygens (including phenoxy) is 1. The second-order valence-corrected chi connectivity index (χ2v) is 5.77. The maximum Gasteiger partial charge on any atom is 0.129 e. The van der Waals surface area contributed by atoms with Crippen LogP contribution < -0.4 is 4.74 Å². The van der Waals surface area contributed by atoms with Gasteiger partial charge in [-0.1, -0.05) is 17.7 Å². The van der Waals surface area contributed by atoms with Gasteiger partial charge in [0.2, 0.25) is 0 Å². The Morgan fingerprint density at radius 1 is 1.19 bits per heavy atom. The summed E-state index contributed by atoms with van der Waals surface area (Å²) >= 11 is 9.83. The molecular weight excluding hydrogens is 354 g/mol. The number of rotatable bonds is 2. The van der Waals surface area contributed by atoms with Gasteiger partial charge in [0.05, 0.1) is 22.1 Å². The Morgan fingerprint density at radius 3 is 2.71 bits per heavy atom. The molecule has 0 bridgehead atoms. The van der Waals surface area contributed by atoms with E-state index in [4.69, 9.17) is 16.3 Å². The second kappa shape index (κ2) is 5.54. The molecule has 1 N–H and O–H groups in total. The van der Waals surface area contributed by atoms with Crippen LogP contribution >= 0.6 is 27.5 Å². The number of aromatic nitrogens is 1. The lowest BCUT2D eigenvalue weighted by molar-refractivity contribution is 0.415. The van der Waals surface area contributed by atoms with E-state index in [9.17, 15) is 5.11 Å². The smallest absolute Gasteiger partial charge is 0.129 e. The third-order valence-electron chi connectivity index (χ3n) is 3.27. The van der Waals surface area contributed by atoms with Gasteiger partial charge >= 0.3 is 0 Å². The molecule has 0 aliphatic carbocycles. The summed E-state index contributed by atoms with van der Waals surface area (Å²) in [5, 5.41) is 11.0. The molecule has 106 valence electrons. The Labute approximate surface area is 135 Å². The van der Waals surface area contributed by atoms with E-state index in [2.05, 4.69) is 20.9 Å². The van der Waals surface area contributed by atoms with Gasteiger partial charge < -0.3 is 9.84 Å². The molecular formula is C16H11BrClNO2. The average Bonchev–Trinajstić information content (AvgIpc) is 2.50. The van der Waals surface area contributed by atoms with Crippen molar-refractivity contribution in [2.24, 2.45) is 0 Å². The lowest BCUT2D eigenvalue weighted by Crippen LogP contribution is -1.88. The number of nitrogens with zero attached hydrogens (tertiary/aromatic N) is 1. The number of hydrogen-bond donors (Lipinski definition) is 1. The molecule has 0 atom stereocenters. The first-order valence-corrected chi connectivity index (χ1v) is 7.38. The first-order valence-electron chi connectivity index (χ1n) is 6.21. The zero-order chi connectivity index (χ0) is 15.0. The quantitative estimate of drug-likeness (QED) is 0.693. The summed E-state index contributed by atoms with van der Waals surface area (Å²) in [5.41, 5.74) is 2.49. The number of aromatic hydroxyl groups is 1. The topological polar surface area (TPSA) is 42.4 Å². The minimum absolute atomic E-state index is 0.185. The maximum absolute atomic E-state index is 9.59. The fourth-order valence-electron chi connectivity index (χ4n) is 2.14. The van der Waals surface area contributed by atoms with E-state index in [1.807, 2.05) is 24.3 Å². The Bertz CT molecular complexity index is 836. The molecule has 0 saturated heterocycles. The van der Waals surface area contributed by atoms with E-state index in [0.29, 0.717) is 9.50 Å². The van der Waals surface area contributed by atoms with E-state index >= 15 is 0 Å². The molecule has 3 nitrogen and oxygen atoms in total. The van der Waals surface area contributed by atoms with Gasteiger partial charge in [-0.25, -0.2) is 0 Å². The number of methoxy groups -OCH3 is 1. The monoisotopic (exact) mass is 363 g/mol. The summed E-state index contributed by atoms with van der Waals surface area (Å²) in [5.74, 6) is 0.917. The standard InChI is InChI=1S/C16H11BrClNO2/c1-21-10-3-4-14-11(7-10)16(18)12(8-19-14)9-2-5-15(20)13(17)6-9/h2-8,20H,1H3. The van der Waals surface area contributed by atoms with Crippen molar-refractivity contribution in [1.29, 1.82) is 0 Å². The van der Waals surface area contributed by atoms with Crippen LogP contribution in [0.15, 0.2) is 47.1 Å². The van der Waals surface area contributed by atoms with Crippen LogP contribution in [0, 0.1) is 0 Å². The second-order valence-electron chi connectivity index (χ2n) is 4.54. The third kappa shape index (κ3) is 2.57. The molecule has 0 aliphatic rings. The number of hydrogen-bond acceptors (Lipinski definition) is 3. The summed E-state index contributed by atoms with van der Waals surface area (Å²) in [6.45, 7) is 0. The molecule has 0 radical (unpaired) electrons. The van der Waals surface area contributed by atoms with E-state index in [1.165, 1.54) is 0 Å². The number of benzene rings is 2. The van der Waals surface area contributed by atoms with Crippen molar-refractivity contribution in [3.8, 4) is 22.6 Å². The predicted molar refractivity (Wildman–Crippen MR) is 88.1 cm³/mol. The molecule has 1 heterocycles. The Morgan fingerprint density at radius 2 is 2.00 bits per heavy atom. The fourth-order valence-corrected chi connectivity index (χ4v) is 2.83. The number of phenolic OH excluding ortho intramolecular Hbond substituents is 1. The van der Waals surface area contributed by atoms with E-state index in [0.717, 1.165) is 27.8 Å². The van der Waals surface area contributed by atoms with Crippen molar-refractivity contribution in [2.45, 2.75) is 0 Å². The molecule has 0 saturated carbocycles. The van der Waals surface area contributed by atoms with Gasteiger partial charge in [0.15, 0.2) is 0 Å². The summed E-state index contributed by atoms with van der Waals surface area (Å²) in [4.78, 5) is 4.43. The van der Waals surface area contributed by atoms with Crippen LogP contribution in [-0.4, -0.2) is 17.2 Å². The molecule has 0 aliphatic heterocycles. The van der Waals surface area contributed by atoms with Crippen LogP contribution in [0.3, 0.4) is 0 Å². The largest absolute Gasteiger partial charge is 0.507 e. The summed E-state index contributed by atoms with van der Waals surface area (Å²) in [6.07, 6.45) is 1.73. The zero-order valence-electron chi connectivity index (χ0n) is 11.1. The minimum Gasteiger partial charge on any atom is -0.507 e. The highest BCUT2D eigenvalue weighted by Gasteiger charge is 2.11. The number of pyridine rings is 1. The van der Waals surface area contributed by atoms with Crippen molar-refractivity contribution in [3.63, 3.8) is 0 Å². The first-order chi connectivity index (χ1) is 10.1. The van der Waals surface area contributed by atoms with E-state index in [-0.39, 0.29) is 5.75 Å². The Balaban J connectivity index is 2.23. The van der Waals surface area contributed by atoms with Crippen LogP contribution in [0.2, 0.25) is 5.02 Å². The van der Waals surface area contributed by atoms with Crippen molar-refractivity contribution in [1.82, 2.24) is 4.98 Å². The highest BCUT2D eigenvalue weighted by Crippen LogP contribution is 2.37. The van der Waals surface area contributed by atoms with Crippen molar-refractivity contribution in [3.05, 3.63) is 52.1 Å². The molecule has 0 amide bonds. The van der Waals surface area contributed by atoms with Crippen molar-refractivity contribution in [2.75, 3.05) is 7.11 Å². The lowest BCUT2D eigenvalue weighted by atomic mass is 10.0.